The third kappa shape index (κ3) is 3.35. The first-order valence-corrected chi connectivity index (χ1v) is 6.96. The lowest BCUT2D eigenvalue weighted by Gasteiger charge is -2.35. The molecule has 0 spiro atoms. The number of methoxy groups -OCH3 is 2. The van der Waals surface area contributed by atoms with Crippen LogP contribution in [0.25, 0.3) is 0 Å². The largest absolute Gasteiger partial charge is 0.502 e. The lowest BCUT2D eigenvalue weighted by atomic mass is 9.89. The van der Waals surface area contributed by atoms with Gasteiger partial charge in [0.2, 0.25) is 5.75 Å². The molecule has 1 aliphatic carbocycles. The lowest BCUT2D eigenvalue weighted by Crippen LogP contribution is -2.45. The zero-order valence-corrected chi connectivity index (χ0v) is 12.3. The molecule has 0 aliphatic heterocycles. The molecular weight excluding hydrogens is 258 g/mol. The van der Waals surface area contributed by atoms with Crippen LogP contribution in [0.15, 0.2) is 12.1 Å². The monoisotopic (exact) mass is 281 g/mol. The second-order valence-electron chi connectivity index (χ2n) is 4.98. The van der Waals surface area contributed by atoms with E-state index in [0.29, 0.717) is 23.6 Å². The number of rotatable bonds is 7. The molecule has 0 aromatic heterocycles. The second-order valence-corrected chi connectivity index (χ2v) is 4.98. The Balaban J connectivity index is 1.90. The van der Waals surface area contributed by atoms with Gasteiger partial charge in [-0.25, -0.2) is 0 Å². The minimum absolute atomic E-state index is 0.0406. The van der Waals surface area contributed by atoms with Crippen LogP contribution in [0, 0.1) is 0 Å². The van der Waals surface area contributed by atoms with E-state index < -0.39 is 0 Å². The molecule has 5 heteroatoms. The highest BCUT2D eigenvalue weighted by molar-refractivity contribution is 5.52. The molecule has 20 heavy (non-hydrogen) atoms. The zero-order chi connectivity index (χ0) is 14.5. The normalized spacial score (nSPS) is 21.4. The molecule has 5 nitrogen and oxygen atoms in total. The second kappa shape index (κ2) is 6.81. The fraction of sp³-hybridized carbons (Fsp3) is 0.600. The van der Waals surface area contributed by atoms with Gasteiger partial charge in [-0.05, 0) is 37.5 Å². The van der Waals surface area contributed by atoms with Crippen molar-refractivity contribution in [3.05, 3.63) is 17.7 Å². The molecule has 1 saturated carbocycles. The van der Waals surface area contributed by atoms with Crippen molar-refractivity contribution < 1.29 is 19.3 Å². The maximum absolute atomic E-state index is 9.85. The van der Waals surface area contributed by atoms with Crippen molar-refractivity contribution in [2.75, 3.05) is 20.8 Å². The van der Waals surface area contributed by atoms with Crippen molar-refractivity contribution in [1.82, 2.24) is 5.32 Å². The minimum atomic E-state index is 0.0406. The van der Waals surface area contributed by atoms with Gasteiger partial charge >= 0.3 is 0 Å². The Morgan fingerprint density at radius 3 is 2.30 bits per heavy atom. The first-order valence-electron chi connectivity index (χ1n) is 6.96. The number of benzene rings is 1. The molecule has 2 rings (SSSR count). The third-order valence-electron chi connectivity index (χ3n) is 3.63. The molecular formula is C15H23NO4. The number of aromatic hydroxyl groups is 1. The van der Waals surface area contributed by atoms with Crippen molar-refractivity contribution in [2.45, 2.75) is 38.5 Å². The van der Waals surface area contributed by atoms with Crippen molar-refractivity contribution >= 4 is 0 Å². The van der Waals surface area contributed by atoms with Crippen LogP contribution in [0.4, 0.5) is 0 Å². The van der Waals surface area contributed by atoms with Gasteiger partial charge < -0.3 is 24.6 Å². The van der Waals surface area contributed by atoms with Gasteiger partial charge in [-0.15, -0.1) is 0 Å². The maximum Gasteiger partial charge on any atom is 0.200 e. The Morgan fingerprint density at radius 2 is 1.80 bits per heavy atom. The van der Waals surface area contributed by atoms with Crippen molar-refractivity contribution in [3.63, 3.8) is 0 Å². The van der Waals surface area contributed by atoms with Crippen molar-refractivity contribution in [1.29, 1.82) is 0 Å². The van der Waals surface area contributed by atoms with Crippen LogP contribution in [0.3, 0.4) is 0 Å². The molecule has 112 valence electrons. The summed E-state index contributed by atoms with van der Waals surface area (Å²) in [4.78, 5) is 0. The fourth-order valence-electron chi connectivity index (χ4n) is 2.42. The van der Waals surface area contributed by atoms with Crippen LogP contribution in [0.1, 0.15) is 25.3 Å². The van der Waals surface area contributed by atoms with E-state index in [1.54, 1.807) is 0 Å². The molecule has 0 amide bonds. The van der Waals surface area contributed by atoms with E-state index in [9.17, 15) is 5.11 Å². The van der Waals surface area contributed by atoms with Gasteiger partial charge in [0.15, 0.2) is 11.5 Å². The summed E-state index contributed by atoms with van der Waals surface area (Å²) in [6.45, 7) is 3.52. The van der Waals surface area contributed by atoms with E-state index in [-0.39, 0.29) is 5.75 Å². The highest BCUT2D eigenvalue weighted by Crippen LogP contribution is 2.37. The average Bonchev–Trinajstić information content (AvgIpc) is 2.42. The van der Waals surface area contributed by atoms with Crippen LogP contribution in [-0.4, -0.2) is 38.1 Å². The van der Waals surface area contributed by atoms with Gasteiger partial charge in [0.05, 0.1) is 20.3 Å². The summed E-state index contributed by atoms with van der Waals surface area (Å²) in [6, 6.07) is 4.14. The molecule has 0 bridgehead atoms. The number of ether oxygens (including phenoxy) is 3. The van der Waals surface area contributed by atoms with E-state index in [2.05, 4.69) is 5.32 Å². The van der Waals surface area contributed by atoms with Crippen molar-refractivity contribution in [3.8, 4) is 17.2 Å². The molecule has 1 fully saturated rings. The Morgan fingerprint density at radius 1 is 1.20 bits per heavy atom. The van der Waals surface area contributed by atoms with Gasteiger partial charge in [-0.2, -0.15) is 0 Å². The Kier molecular flexibility index (Phi) is 5.09. The van der Waals surface area contributed by atoms with Gasteiger partial charge in [-0.1, -0.05) is 0 Å². The average molecular weight is 281 g/mol. The standard InChI is InChI=1S/C15H23NO4/c1-4-20-12-7-11(8-12)16-9-10-5-13(18-2)15(17)14(6-10)19-3/h5-6,11-12,16-17H,4,7-9H2,1-3H3. The Bertz CT molecular complexity index is 418. The van der Waals surface area contributed by atoms with Crippen LogP contribution in [0.2, 0.25) is 0 Å². The predicted molar refractivity (Wildman–Crippen MR) is 76.5 cm³/mol. The fourth-order valence-corrected chi connectivity index (χ4v) is 2.42. The van der Waals surface area contributed by atoms with Crippen LogP contribution < -0.4 is 14.8 Å². The van der Waals surface area contributed by atoms with Gasteiger partial charge in [0.1, 0.15) is 0 Å². The number of phenolic OH excluding ortho intramolecular Hbond substituents is 1. The predicted octanol–water partition coefficient (Wildman–Crippen LogP) is 2.07. The minimum Gasteiger partial charge on any atom is -0.502 e. The van der Waals surface area contributed by atoms with Gasteiger partial charge in [0, 0.05) is 19.2 Å². The summed E-state index contributed by atoms with van der Waals surface area (Å²) in [5.74, 6) is 0.905. The van der Waals surface area contributed by atoms with E-state index in [4.69, 9.17) is 14.2 Å². The summed E-state index contributed by atoms with van der Waals surface area (Å²) in [5, 5.41) is 13.3. The van der Waals surface area contributed by atoms with Crippen LogP contribution >= 0.6 is 0 Å². The summed E-state index contributed by atoms with van der Waals surface area (Å²) in [7, 11) is 3.06. The number of nitrogens with one attached hydrogen (secondary N) is 1. The summed E-state index contributed by atoms with van der Waals surface area (Å²) in [5.41, 5.74) is 1.02. The summed E-state index contributed by atoms with van der Waals surface area (Å²) in [6.07, 6.45) is 2.52. The Labute approximate surface area is 119 Å². The lowest BCUT2D eigenvalue weighted by molar-refractivity contribution is -0.0102. The smallest absolute Gasteiger partial charge is 0.200 e. The highest BCUT2D eigenvalue weighted by Gasteiger charge is 2.28. The molecule has 0 radical (unpaired) electrons. The first-order chi connectivity index (χ1) is 9.67. The SMILES string of the molecule is CCOC1CC(NCc2cc(OC)c(O)c(OC)c2)C1. The molecule has 2 N–H and O–H groups in total. The van der Waals surface area contributed by atoms with Crippen LogP contribution in [-0.2, 0) is 11.3 Å². The Hall–Kier alpha value is -1.46. The first kappa shape index (κ1) is 14.9. The maximum atomic E-state index is 9.85. The van der Waals surface area contributed by atoms with E-state index in [0.717, 1.165) is 31.6 Å². The third-order valence-corrected chi connectivity index (χ3v) is 3.63. The van der Waals surface area contributed by atoms with Crippen molar-refractivity contribution in [2.24, 2.45) is 0 Å². The van der Waals surface area contributed by atoms with E-state index in [1.807, 2.05) is 19.1 Å². The number of hydrogen-bond acceptors (Lipinski definition) is 5. The zero-order valence-electron chi connectivity index (χ0n) is 12.3. The summed E-state index contributed by atoms with van der Waals surface area (Å²) < 4.78 is 15.8. The van der Waals surface area contributed by atoms with Gasteiger partial charge in [-0.3, -0.25) is 0 Å². The quantitative estimate of drug-likeness (QED) is 0.801. The van der Waals surface area contributed by atoms with E-state index >= 15 is 0 Å². The molecule has 0 unspecified atom stereocenters. The molecule has 1 aliphatic rings. The van der Waals surface area contributed by atoms with E-state index in [1.165, 1.54) is 14.2 Å². The molecule has 0 heterocycles. The van der Waals surface area contributed by atoms with Crippen LogP contribution in [0.5, 0.6) is 17.2 Å². The molecule has 1 aromatic carbocycles. The summed E-state index contributed by atoms with van der Waals surface area (Å²) >= 11 is 0. The number of hydrogen-bond donors (Lipinski definition) is 2. The topological polar surface area (TPSA) is 60.0 Å². The molecule has 0 atom stereocenters. The van der Waals surface area contributed by atoms with Gasteiger partial charge in [0.25, 0.3) is 0 Å². The molecule has 1 aromatic rings. The molecule has 0 saturated heterocycles. The number of phenols is 1. The highest BCUT2D eigenvalue weighted by atomic mass is 16.5.